The van der Waals surface area contributed by atoms with Crippen molar-refractivity contribution in [2.45, 2.75) is 45.4 Å². The van der Waals surface area contributed by atoms with E-state index in [1.165, 1.54) is 62.6 Å². The van der Waals surface area contributed by atoms with Crippen molar-refractivity contribution < 1.29 is 21.5 Å². The first kappa shape index (κ1) is 13.4. The van der Waals surface area contributed by atoms with E-state index in [4.69, 9.17) is 0 Å². The van der Waals surface area contributed by atoms with Crippen LogP contribution in [-0.4, -0.2) is 31.2 Å². The fraction of sp³-hybridized carbons (Fsp3) is 1.00. The number of likely N-dealkylation sites (tertiary alicyclic amines) is 1. The lowest BCUT2D eigenvalue weighted by molar-refractivity contribution is -0.897. The minimum atomic E-state index is 0. The van der Waals surface area contributed by atoms with Crippen molar-refractivity contribution in [3.63, 3.8) is 0 Å². The molecule has 0 aromatic rings. The van der Waals surface area contributed by atoms with Gasteiger partial charge in [-0.2, -0.15) is 0 Å². The zero-order valence-corrected chi connectivity index (χ0v) is 10.8. The highest BCUT2D eigenvalue weighted by Crippen LogP contribution is 2.17. The lowest BCUT2D eigenvalue weighted by Gasteiger charge is -2.29. The van der Waals surface area contributed by atoms with Gasteiger partial charge in [0, 0.05) is 12.8 Å². The molecule has 1 heterocycles. The van der Waals surface area contributed by atoms with E-state index in [0.717, 1.165) is 0 Å². The molecule has 2 heteroatoms. The molecule has 0 bridgehead atoms. The van der Waals surface area contributed by atoms with Gasteiger partial charge in [-0.25, -0.2) is 0 Å². The van der Waals surface area contributed by atoms with Gasteiger partial charge in [-0.15, -0.1) is 0 Å². The molecule has 0 radical (unpaired) electrons. The molecule has 1 fully saturated rings. The van der Waals surface area contributed by atoms with Crippen molar-refractivity contribution >= 4 is 0 Å². The molecule has 0 spiro atoms. The van der Waals surface area contributed by atoms with Crippen LogP contribution in [0, 0.1) is 0 Å². The molecular formula is C11H24BrN. The number of hydrogen-bond acceptors (Lipinski definition) is 0. The van der Waals surface area contributed by atoms with Gasteiger partial charge in [0.2, 0.25) is 0 Å². The molecule has 0 amide bonds. The molecule has 1 saturated heterocycles. The molecule has 1 nitrogen and oxygen atoms in total. The second-order valence-corrected chi connectivity index (χ2v) is 4.56. The zero-order chi connectivity index (χ0) is 8.86. The molecule has 80 valence electrons. The summed E-state index contributed by atoms with van der Waals surface area (Å²) < 4.78 is 1.36. The van der Waals surface area contributed by atoms with E-state index in [-0.39, 0.29) is 17.0 Å². The number of unbranched alkanes of at least 4 members (excludes halogenated alkanes) is 3. The monoisotopic (exact) mass is 249 g/mol. The maximum atomic E-state index is 2.43. The van der Waals surface area contributed by atoms with E-state index in [1.54, 1.807) is 0 Å². The second kappa shape index (κ2) is 6.83. The topological polar surface area (TPSA) is 0 Å². The van der Waals surface area contributed by atoms with Gasteiger partial charge in [0.15, 0.2) is 0 Å². The molecule has 0 aliphatic carbocycles. The maximum Gasteiger partial charge on any atom is 0.0786 e. The number of quaternary nitrogens is 1. The molecule has 1 rings (SSSR count). The van der Waals surface area contributed by atoms with Crippen LogP contribution >= 0.6 is 0 Å². The summed E-state index contributed by atoms with van der Waals surface area (Å²) in [4.78, 5) is 0. The van der Waals surface area contributed by atoms with Crippen LogP contribution in [0.4, 0.5) is 0 Å². The number of hydrogen-bond donors (Lipinski definition) is 0. The van der Waals surface area contributed by atoms with Crippen LogP contribution in [0.25, 0.3) is 0 Å². The second-order valence-electron chi connectivity index (χ2n) is 4.56. The molecule has 0 aromatic heterocycles. The number of halogens is 1. The van der Waals surface area contributed by atoms with Crippen molar-refractivity contribution in [2.24, 2.45) is 0 Å². The SMILES string of the molecule is CCCCCC[N+]1(C)CCCC1.[Br-]. The number of rotatable bonds is 5. The third-order valence-corrected chi connectivity index (χ3v) is 3.20. The van der Waals surface area contributed by atoms with Crippen molar-refractivity contribution in [2.75, 3.05) is 26.7 Å². The van der Waals surface area contributed by atoms with Crippen LogP contribution in [0.3, 0.4) is 0 Å². The first-order valence-corrected chi connectivity index (χ1v) is 5.60. The molecule has 13 heavy (non-hydrogen) atoms. The Labute approximate surface area is 93.9 Å². The van der Waals surface area contributed by atoms with Crippen LogP contribution in [0.5, 0.6) is 0 Å². The van der Waals surface area contributed by atoms with Crippen LogP contribution in [0.2, 0.25) is 0 Å². The first-order chi connectivity index (χ1) is 5.77. The quantitative estimate of drug-likeness (QED) is 0.469. The lowest BCUT2D eigenvalue weighted by Crippen LogP contribution is -3.00. The Bertz CT molecular complexity index is 119. The molecule has 0 aromatic carbocycles. The average molecular weight is 250 g/mol. The molecule has 1 aliphatic heterocycles. The van der Waals surface area contributed by atoms with E-state index in [1.807, 2.05) is 0 Å². The largest absolute Gasteiger partial charge is 1.00 e. The molecule has 0 atom stereocenters. The van der Waals surface area contributed by atoms with Crippen LogP contribution in [0.15, 0.2) is 0 Å². The van der Waals surface area contributed by atoms with E-state index < -0.39 is 0 Å². The summed E-state index contributed by atoms with van der Waals surface area (Å²) in [5.41, 5.74) is 0. The van der Waals surface area contributed by atoms with E-state index in [9.17, 15) is 0 Å². The Morgan fingerprint density at radius 1 is 1.00 bits per heavy atom. The van der Waals surface area contributed by atoms with Crippen molar-refractivity contribution in [3.8, 4) is 0 Å². The summed E-state index contributed by atoms with van der Waals surface area (Å²) in [6.07, 6.45) is 8.62. The minimum Gasteiger partial charge on any atom is -1.00 e. The van der Waals surface area contributed by atoms with Gasteiger partial charge in [0.25, 0.3) is 0 Å². The molecule has 1 aliphatic rings. The van der Waals surface area contributed by atoms with Crippen molar-refractivity contribution in [1.29, 1.82) is 0 Å². The van der Waals surface area contributed by atoms with E-state index >= 15 is 0 Å². The normalized spacial score (nSPS) is 19.8. The van der Waals surface area contributed by atoms with Crippen molar-refractivity contribution in [3.05, 3.63) is 0 Å². The lowest BCUT2D eigenvalue weighted by atomic mass is 10.2. The molecular weight excluding hydrogens is 226 g/mol. The van der Waals surface area contributed by atoms with Gasteiger partial charge in [0.05, 0.1) is 26.7 Å². The van der Waals surface area contributed by atoms with Gasteiger partial charge >= 0.3 is 0 Å². The van der Waals surface area contributed by atoms with Crippen LogP contribution < -0.4 is 17.0 Å². The van der Waals surface area contributed by atoms with Gasteiger partial charge in [0.1, 0.15) is 0 Å². The summed E-state index contributed by atoms with van der Waals surface area (Å²) in [7, 11) is 2.43. The maximum absolute atomic E-state index is 2.43. The van der Waals surface area contributed by atoms with Gasteiger partial charge in [-0.3, -0.25) is 0 Å². The summed E-state index contributed by atoms with van der Waals surface area (Å²) in [6.45, 7) is 6.59. The standard InChI is InChI=1S/C11H24N.BrH/c1-3-4-5-6-9-12(2)10-7-8-11-12;/h3-11H2,1-2H3;1H/q+1;/p-1. The van der Waals surface area contributed by atoms with Crippen molar-refractivity contribution in [1.82, 2.24) is 0 Å². The van der Waals surface area contributed by atoms with E-state index in [0.29, 0.717) is 0 Å². The van der Waals surface area contributed by atoms with Gasteiger partial charge in [-0.1, -0.05) is 19.8 Å². The molecule has 0 saturated carbocycles. The predicted molar refractivity (Wildman–Crippen MR) is 54.2 cm³/mol. The first-order valence-electron chi connectivity index (χ1n) is 5.60. The highest BCUT2D eigenvalue weighted by atomic mass is 79.9. The van der Waals surface area contributed by atoms with Gasteiger partial charge < -0.3 is 21.5 Å². The highest BCUT2D eigenvalue weighted by Gasteiger charge is 2.25. The Balaban J connectivity index is 0.00000144. The van der Waals surface area contributed by atoms with Gasteiger partial charge in [-0.05, 0) is 12.8 Å². The fourth-order valence-corrected chi connectivity index (χ4v) is 2.24. The highest BCUT2D eigenvalue weighted by molar-refractivity contribution is 4.52. The van der Waals surface area contributed by atoms with Crippen LogP contribution in [-0.2, 0) is 0 Å². The summed E-state index contributed by atoms with van der Waals surface area (Å²) in [5, 5.41) is 0. The molecule has 0 N–H and O–H groups in total. The molecule has 0 unspecified atom stereocenters. The smallest absolute Gasteiger partial charge is 0.0786 e. The Morgan fingerprint density at radius 2 is 1.62 bits per heavy atom. The minimum absolute atomic E-state index is 0. The third kappa shape index (κ3) is 5.02. The van der Waals surface area contributed by atoms with E-state index in [2.05, 4.69) is 14.0 Å². The number of nitrogens with zero attached hydrogens (tertiary/aromatic N) is 1. The zero-order valence-electron chi connectivity index (χ0n) is 9.19. The van der Waals surface area contributed by atoms with Crippen LogP contribution in [0.1, 0.15) is 45.4 Å². The average Bonchev–Trinajstić information content (AvgIpc) is 2.47. The Hall–Kier alpha value is 0.440. The summed E-state index contributed by atoms with van der Waals surface area (Å²) in [5.74, 6) is 0. The summed E-state index contributed by atoms with van der Waals surface area (Å²) >= 11 is 0. The Morgan fingerprint density at radius 3 is 2.15 bits per heavy atom. The Kier molecular flexibility index (Phi) is 7.06. The third-order valence-electron chi connectivity index (χ3n) is 3.20. The predicted octanol–water partition coefficient (Wildman–Crippen LogP) is -0.189. The fourth-order valence-electron chi connectivity index (χ4n) is 2.24. The summed E-state index contributed by atoms with van der Waals surface area (Å²) in [6, 6.07) is 0.